The van der Waals surface area contributed by atoms with Crippen LogP contribution in [-0.4, -0.2) is 41.9 Å². The van der Waals surface area contributed by atoms with Crippen molar-refractivity contribution < 1.29 is 35.3 Å². The van der Waals surface area contributed by atoms with Gasteiger partial charge in [0.25, 0.3) is 5.91 Å². The van der Waals surface area contributed by atoms with E-state index in [1.165, 1.54) is 17.0 Å². The van der Waals surface area contributed by atoms with E-state index >= 15 is 0 Å². The molecule has 36 heavy (non-hydrogen) atoms. The predicted octanol–water partition coefficient (Wildman–Crippen LogP) is 5.30. The molecule has 0 atom stereocenters. The number of likely N-dealkylation sites (tertiary alicyclic amines) is 1. The number of carbonyl (C=O) groups excluding carboxylic acids is 1. The second-order valence-corrected chi connectivity index (χ2v) is 9.85. The number of benzene rings is 2. The van der Waals surface area contributed by atoms with Gasteiger partial charge < -0.3 is 10.2 Å². The molecular formula is C23H18ClF4N3O4S. The molecule has 0 radical (unpaired) electrons. The van der Waals surface area contributed by atoms with Gasteiger partial charge in [0.2, 0.25) is 5.03 Å². The molecule has 3 aromatic rings. The van der Waals surface area contributed by atoms with Crippen LogP contribution in [0, 0.1) is 23.3 Å². The normalized spacial score (nSPS) is 14.7. The summed E-state index contributed by atoms with van der Waals surface area (Å²) in [6, 6.07) is 6.79. The van der Waals surface area contributed by atoms with E-state index in [-0.39, 0.29) is 36.5 Å². The van der Waals surface area contributed by atoms with Gasteiger partial charge in [-0.1, -0.05) is 23.7 Å². The molecule has 0 bridgehead atoms. The largest absolute Gasteiger partial charge is 0.351 e. The summed E-state index contributed by atoms with van der Waals surface area (Å²) in [6.45, 7) is 0.551. The number of halogens is 5. The highest BCUT2D eigenvalue weighted by Crippen LogP contribution is 2.36. The Balaban J connectivity index is 1.65. The summed E-state index contributed by atoms with van der Waals surface area (Å²) in [5.74, 6) is -5.04. The van der Waals surface area contributed by atoms with Crippen LogP contribution in [0.1, 0.15) is 34.7 Å². The van der Waals surface area contributed by atoms with Gasteiger partial charge in [-0.3, -0.25) is 9.35 Å². The lowest BCUT2D eigenvalue weighted by Gasteiger charge is -2.32. The third kappa shape index (κ3) is 5.30. The molecule has 4 rings (SSSR count). The summed E-state index contributed by atoms with van der Waals surface area (Å²) in [4.78, 5) is 18.3. The van der Waals surface area contributed by atoms with Gasteiger partial charge in [0, 0.05) is 31.4 Å². The molecule has 1 aliphatic heterocycles. The van der Waals surface area contributed by atoms with Crippen LogP contribution in [0.15, 0.2) is 47.6 Å². The fourth-order valence-corrected chi connectivity index (χ4v) is 5.01. The Bertz CT molecular complexity index is 1430. The lowest BCUT2D eigenvalue weighted by molar-refractivity contribution is 0.0713. The summed E-state index contributed by atoms with van der Waals surface area (Å²) in [7, 11) is -4.94. The van der Waals surface area contributed by atoms with Gasteiger partial charge >= 0.3 is 10.1 Å². The van der Waals surface area contributed by atoms with E-state index in [4.69, 9.17) is 11.6 Å². The Morgan fingerprint density at radius 2 is 1.64 bits per heavy atom. The van der Waals surface area contributed by atoms with E-state index in [1.807, 2.05) is 0 Å². The van der Waals surface area contributed by atoms with Crippen molar-refractivity contribution in [2.45, 2.75) is 23.8 Å². The highest BCUT2D eigenvalue weighted by molar-refractivity contribution is 7.85. The Hall–Kier alpha value is -3.22. The summed E-state index contributed by atoms with van der Waals surface area (Å²) < 4.78 is 87.3. The molecule has 0 unspecified atom stereocenters. The van der Waals surface area contributed by atoms with Crippen molar-refractivity contribution >= 4 is 39.0 Å². The number of nitrogens with one attached hydrogen (secondary N) is 1. The highest BCUT2D eigenvalue weighted by atomic mass is 35.5. The van der Waals surface area contributed by atoms with E-state index in [0.29, 0.717) is 18.9 Å². The van der Waals surface area contributed by atoms with Crippen LogP contribution in [-0.2, 0) is 10.1 Å². The molecule has 13 heteroatoms. The number of hydrogen-bond donors (Lipinski definition) is 2. The van der Waals surface area contributed by atoms with Crippen LogP contribution in [0.25, 0.3) is 0 Å². The lowest BCUT2D eigenvalue weighted by Crippen LogP contribution is -2.38. The van der Waals surface area contributed by atoms with Crippen LogP contribution in [0.4, 0.5) is 28.9 Å². The first-order chi connectivity index (χ1) is 17.0. The minimum absolute atomic E-state index is 0.0761. The minimum Gasteiger partial charge on any atom is -0.351 e. The van der Waals surface area contributed by atoms with Crippen molar-refractivity contribution in [1.82, 2.24) is 9.88 Å². The number of nitrogens with zero attached hydrogens (tertiary/aromatic N) is 2. The summed E-state index contributed by atoms with van der Waals surface area (Å²) >= 11 is 6.12. The van der Waals surface area contributed by atoms with E-state index in [0.717, 1.165) is 11.8 Å². The third-order valence-corrected chi connectivity index (χ3v) is 7.13. The quantitative estimate of drug-likeness (QED) is 0.257. The molecule has 7 nitrogen and oxygen atoms in total. The van der Waals surface area contributed by atoms with Gasteiger partial charge in [0.05, 0.1) is 16.9 Å². The molecule has 2 N–H and O–H groups in total. The number of carbonyl (C=O) groups is 1. The van der Waals surface area contributed by atoms with Crippen LogP contribution in [0.2, 0.25) is 5.02 Å². The zero-order valence-corrected chi connectivity index (χ0v) is 19.9. The van der Waals surface area contributed by atoms with Crippen molar-refractivity contribution in [2.24, 2.45) is 0 Å². The van der Waals surface area contributed by atoms with Crippen molar-refractivity contribution in [2.75, 3.05) is 18.4 Å². The van der Waals surface area contributed by atoms with Crippen molar-refractivity contribution in [3.05, 3.63) is 82.0 Å². The first-order valence-corrected chi connectivity index (χ1v) is 12.4. The van der Waals surface area contributed by atoms with Crippen LogP contribution in [0.5, 0.6) is 0 Å². The average molecular weight is 544 g/mol. The van der Waals surface area contributed by atoms with Crippen molar-refractivity contribution in [1.29, 1.82) is 0 Å². The molecule has 1 aliphatic rings. The monoisotopic (exact) mass is 543 g/mol. The van der Waals surface area contributed by atoms with Crippen molar-refractivity contribution in [3.8, 4) is 0 Å². The third-order valence-electron chi connectivity index (χ3n) is 5.86. The van der Waals surface area contributed by atoms with E-state index in [1.54, 1.807) is 12.1 Å². The van der Waals surface area contributed by atoms with Crippen LogP contribution < -0.4 is 5.32 Å². The topological polar surface area (TPSA) is 99.6 Å². The number of amides is 1. The molecule has 1 amide bonds. The number of anilines is 2. The van der Waals surface area contributed by atoms with Crippen LogP contribution >= 0.6 is 11.6 Å². The molecule has 0 spiro atoms. The molecule has 190 valence electrons. The molecular weight excluding hydrogens is 526 g/mol. The Kier molecular flexibility index (Phi) is 7.21. The van der Waals surface area contributed by atoms with Gasteiger partial charge in [-0.2, -0.15) is 8.42 Å². The fraction of sp³-hybridized carbons (Fsp3) is 0.217. The molecule has 1 saturated heterocycles. The Morgan fingerprint density at radius 3 is 2.25 bits per heavy atom. The first kappa shape index (κ1) is 25.9. The van der Waals surface area contributed by atoms with E-state index < -0.39 is 54.9 Å². The summed E-state index contributed by atoms with van der Waals surface area (Å²) in [5, 5.41) is 0.583. The van der Waals surface area contributed by atoms with Crippen LogP contribution in [0.3, 0.4) is 0 Å². The predicted molar refractivity (Wildman–Crippen MR) is 123 cm³/mol. The molecule has 1 fully saturated rings. The van der Waals surface area contributed by atoms with Crippen molar-refractivity contribution in [3.63, 3.8) is 0 Å². The smallest absolute Gasteiger partial charge is 0.313 e. The summed E-state index contributed by atoms with van der Waals surface area (Å²) in [6.07, 6.45) is 1.92. The van der Waals surface area contributed by atoms with E-state index in [2.05, 4.69) is 10.3 Å². The second-order valence-electron chi connectivity index (χ2n) is 8.13. The Labute approximate surface area is 208 Å². The molecule has 1 aromatic heterocycles. The lowest BCUT2D eigenvalue weighted by atomic mass is 9.89. The van der Waals surface area contributed by atoms with Gasteiger partial charge in [-0.25, -0.2) is 22.5 Å². The highest BCUT2D eigenvalue weighted by Gasteiger charge is 2.30. The number of piperidine rings is 1. The molecule has 0 aliphatic carbocycles. The standard InChI is InChI=1S/C23H18ClF4N3O4S/c24-20-21(30-19-10-17(27)16(26)9-18(19)28)15(11-29-22(20)36(33,34)35)23(32)31-7-5-13(6-8-31)12-1-3-14(25)4-2-12/h1-4,9-11,13H,5-8H2,(H,29,30)(H,33,34,35). The SMILES string of the molecule is O=C(c1cnc(S(=O)(=O)O)c(Cl)c1Nc1cc(F)c(F)cc1F)N1CCC(c2ccc(F)cc2)CC1. The molecule has 0 saturated carbocycles. The van der Waals surface area contributed by atoms with Gasteiger partial charge in [0.15, 0.2) is 11.6 Å². The maximum atomic E-state index is 14.3. The Morgan fingerprint density at radius 1 is 1.03 bits per heavy atom. The average Bonchev–Trinajstić information content (AvgIpc) is 2.83. The van der Waals surface area contributed by atoms with Gasteiger partial charge in [0.1, 0.15) is 16.7 Å². The maximum absolute atomic E-state index is 14.3. The van der Waals surface area contributed by atoms with Gasteiger partial charge in [-0.15, -0.1) is 0 Å². The maximum Gasteiger partial charge on any atom is 0.313 e. The summed E-state index contributed by atoms with van der Waals surface area (Å²) in [5.41, 5.74) is -0.458. The number of pyridine rings is 1. The zero-order valence-electron chi connectivity index (χ0n) is 18.3. The molecule has 2 aromatic carbocycles. The second kappa shape index (κ2) is 10.0. The van der Waals surface area contributed by atoms with E-state index in [9.17, 15) is 35.3 Å². The number of rotatable bonds is 5. The zero-order chi connectivity index (χ0) is 26.2. The fourth-order valence-electron chi connectivity index (χ4n) is 4.01. The van der Waals surface area contributed by atoms with Gasteiger partial charge in [-0.05, 0) is 36.5 Å². The molecule has 2 heterocycles. The minimum atomic E-state index is -4.94. The number of hydrogen-bond acceptors (Lipinski definition) is 5. The first-order valence-electron chi connectivity index (χ1n) is 10.6. The number of aromatic nitrogens is 1.